The van der Waals surface area contributed by atoms with Crippen LogP contribution in [-0.4, -0.2) is 40.9 Å². The summed E-state index contributed by atoms with van der Waals surface area (Å²) in [5.74, 6) is 0. The second-order valence-electron chi connectivity index (χ2n) is 4.18. The second-order valence-corrected chi connectivity index (χ2v) is 4.18. The number of nitro benzene ring substituents is 1. The fourth-order valence-electron chi connectivity index (χ4n) is 1.69. The maximum Gasteiger partial charge on any atom is 0.269 e. The number of aliphatic hydroxyl groups excluding tert-OH is 2. The molecule has 1 aromatic rings. The van der Waals surface area contributed by atoms with Crippen molar-refractivity contribution in [3.05, 3.63) is 39.9 Å². The third-order valence-corrected chi connectivity index (χ3v) is 2.81. The number of rotatable bonds is 8. The Kier molecular flexibility index (Phi) is 6.37. The fraction of sp³-hybridized carbons (Fsp3) is 0.500. The molecule has 1 aromatic carbocycles. The zero-order valence-corrected chi connectivity index (χ0v) is 10.5. The number of benzene rings is 1. The van der Waals surface area contributed by atoms with E-state index in [2.05, 4.69) is 5.32 Å². The lowest BCUT2D eigenvalue weighted by atomic mass is 10.0. The molecule has 0 aliphatic rings. The Morgan fingerprint density at radius 1 is 1.37 bits per heavy atom. The van der Waals surface area contributed by atoms with Gasteiger partial charge in [0.1, 0.15) is 0 Å². The molecule has 0 saturated heterocycles. The van der Waals surface area contributed by atoms with Gasteiger partial charge in [-0.2, -0.15) is 0 Å². The molecule has 7 nitrogen and oxygen atoms in total. The highest BCUT2D eigenvalue weighted by Crippen LogP contribution is 2.20. The number of hydrogen-bond donors (Lipinski definition) is 4. The van der Waals surface area contributed by atoms with Crippen LogP contribution in [0.5, 0.6) is 0 Å². The summed E-state index contributed by atoms with van der Waals surface area (Å²) >= 11 is 0. The molecule has 0 unspecified atom stereocenters. The molecule has 19 heavy (non-hydrogen) atoms. The average Bonchev–Trinajstić information content (AvgIpc) is 2.43. The highest BCUT2D eigenvalue weighted by Gasteiger charge is 2.20. The number of nitrogens with one attached hydrogen (secondary N) is 1. The summed E-state index contributed by atoms with van der Waals surface area (Å²) in [7, 11) is 0. The Morgan fingerprint density at radius 2 is 2.00 bits per heavy atom. The first-order valence-corrected chi connectivity index (χ1v) is 6.07. The lowest BCUT2D eigenvalue weighted by molar-refractivity contribution is -0.384. The maximum atomic E-state index is 10.5. The van der Waals surface area contributed by atoms with E-state index in [0.717, 1.165) is 6.42 Å². The van der Waals surface area contributed by atoms with Crippen molar-refractivity contribution < 1.29 is 15.1 Å². The van der Waals surface area contributed by atoms with E-state index in [9.17, 15) is 20.3 Å². The van der Waals surface area contributed by atoms with Gasteiger partial charge in [0, 0.05) is 12.1 Å². The highest BCUT2D eigenvalue weighted by atomic mass is 16.6. The lowest BCUT2D eigenvalue weighted by Gasteiger charge is -2.22. The number of aliphatic hydroxyl groups is 2. The largest absolute Gasteiger partial charge is 0.395 e. The molecule has 0 bridgehead atoms. The van der Waals surface area contributed by atoms with Gasteiger partial charge in [0.15, 0.2) is 0 Å². The van der Waals surface area contributed by atoms with Crippen molar-refractivity contribution in [2.24, 2.45) is 5.73 Å². The summed E-state index contributed by atoms with van der Waals surface area (Å²) in [6.45, 7) is 0.882. The molecule has 5 N–H and O–H groups in total. The van der Waals surface area contributed by atoms with Gasteiger partial charge in [-0.15, -0.1) is 0 Å². The van der Waals surface area contributed by atoms with Crippen molar-refractivity contribution in [1.29, 1.82) is 0 Å². The molecular weight excluding hydrogens is 250 g/mol. The monoisotopic (exact) mass is 269 g/mol. The van der Waals surface area contributed by atoms with Gasteiger partial charge in [-0.1, -0.05) is 0 Å². The van der Waals surface area contributed by atoms with Crippen molar-refractivity contribution in [3.63, 3.8) is 0 Å². The Morgan fingerprint density at radius 3 is 2.47 bits per heavy atom. The molecule has 0 aliphatic heterocycles. The van der Waals surface area contributed by atoms with Crippen molar-refractivity contribution in [2.45, 2.75) is 18.6 Å². The molecule has 1 rings (SSSR count). The maximum absolute atomic E-state index is 10.5. The minimum Gasteiger partial charge on any atom is -0.395 e. The zero-order chi connectivity index (χ0) is 14.3. The van der Waals surface area contributed by atoms with Crippen LogP contribution in [-0.2, 0) is 0 Å². The second kappa shape index (κ2) is 7.80. The van der Waals surface area contributed by atoms with Gasteiger partial charge in [0.25, 0.3) is 5.69 Å². The van der Waals surface area contributed by atoms with E-state index in [1.165, 1.54) is 24.3 Å². The summed E-state index contributed by atoms with van der Waals surface area (Å²) in [4.78, 5) is 10.0. The summed E-state index contributed by atoms with van der Waals surface area (Å²) in [5.41, 5.74) is 5.84. The molecule has 0 heterocycles. The van der Waals surface area contributed by atoms with Crippen LogP contribution in [0.25, 0.3) is 0 Å². The van der Waals surface area contributed by atoms with Crippen LogP contribution in [0.2, 0.25) is 0 Å². The topological polar surface area (TPSA) is 122 Å². The lowest BCUT2D eigenvalue weighted by Crippen LogP contribution is -2.39. The number of nitrogens with zero attached hydrogens (tertiary/aromatic N) is 1. The summed E-state index contributed by atoms with van der Waals surface area (Å²) < 4.78 is 0. The predicted octanol–water partition coefficient (Wildman–Crippen LogP) is -0.0725. The van der Waals surface area contributed by atoms with Crippen LogP contribution >= 0.6 is 0 Å². The van der Waals surface area contributed by atoms with Crippen molar-refractivity contribution in [3.8, 4) is 0 Å². The van der Waals surface area contributed by atoms with Gasteiger partial charge in [-0.3, -0.25) is 10.1 Å². The Balaban J connectivity index is 2.68. The van der Waals surface area contributed by atoms with Crippen molar-refractivity contribution in [2.75, 3.05) is 19.7 Å². The Hall–Kier alpha value is -1.54. The standard InChI is InChI=1S/C12H19N3O4/c13-6-1-7-14-11(8-16)12(17)9-2-4-10(5-3-9)15(18)19/h2-5,11-12,14,16-17H,1,6-8,13H2/t11-,12-/m1/s1. The Bertz CT molecular complexity index is 396. The molecule has 0 fully saturated rings. The molecule has 2 atom stereocenters. The first-order chi connectivity index (χ1) is 9.10. The van der Waals surface area contributed by atoms with E-state index in [1.807, 2.05) is 0 Å². The Labute approximate surface area is 111 Å². The number of hydrogen-bond acceptors (Lipinski definition) is 6. The van der Waals surface area contributed by atoms with Gasteiger partial charge in [-0.05, 0) is 37.2 Å². The zero-order valence-electron chi connectivity index (χ0n) is 10.5. The van der Waals surface area contributed by atoms with Crippen LogP contribution in [0.3, 0.4) is 0 Å². The predicted molar refractivity (Wildman–Crippen MR) is 70.6 cm³/mol. The molecule has 0 amide bonds. The highest BCUT2D eigenvalue weighted by molar-refractivity contribution is 5.34. The van der Waals surface area contributed by atoms with Crippen LogP contribution in [0.15, 0.2) is 24.3 Å². The first kappa shape index (κ1) is 15.5. The molecule has 0 spiro atoms. The minimum atomic E-state index is -0.927. The van der Waals surface area contributed by atoms with Crippen molar-refractivity contribution >= 4 is 5.69 Å². The number of nitro groups is 1. The van der Waals surface area contributed by atoms with Crippen molar-refractivity contribution in [1.82, 2.24) is 5.32 Å². The molecule has 0 aliphatic carbocycles. The quantitative estimate of drug-likeness (QED) is 0.298. The molecule has 0 radical (unpaired) electrons. The number of non-ortho nitro benzene ring substituents is 1. The van der Waals surface area contributed by atoms with E-state index < -0.39 is 17.1 Å². The van der Waals surface area contributed by atoms with E-state index in [1.54, 1.807) is 0 Å². The van der Waals surface area contributed by atoms with Crippen LogP contribution in [0.1, 0.15) is 18.1 Å². The first-order valence-electron chi connectivity index (χ1n) is 6.07. The third-order valence-electron chi connectivity index (χ3n) is 2.81. The normalized spacial score (nSPS) is 14.1. The van der Waals surface area contributed by atoms with E-state index in [4.69, 9.17) is 5.73 Å². The van der Waals surface area contributed by atoms with E-state index in [-0.39, 0.29) is 12.3 Å². The third kappa shape index (κ3) is 4.56. The average molecular weight is 269 g/mol. The molecular formula is C12H19N3O4. The molecule has 0 saturated carbocycles. The molecule has 106 valence electrons. The smallest absolute Gasteiger partial charge is 0.269 e. The van der Waals surface area contributed by atoms with Crippen LogP contribution < -0.4 is 11.1 Å². The molecule has 7 heteroatoms. The van der Waals surface area contributed by atoms with E-state index >= 15 is 0 Å². The summed E-state index contributed by atoms with van der Waals surface area (Å²) in [5, 5.41) is 32.8. The summed E-state index contributed by atoms with van der Waals surface area (Å²) in [6.07, 6.45) is -0.188. The fourth-order valence-corrected chi connectivity index (χ4v) is 1.69. The van der Waals surface area contributed by atoms with Crippen LogP contribution in [0, 0.1) is 10.1 Å². The van der Waals surface area contributed by atoms with Gasteiger partial charge < -0.3 is 21.3 Å². The van der Waals surface area contributed by atoms with Crippen LogP contribution in [0.4, 0.5) is 5.69 Å². The van der Waals surface area contributed by atoms with E-state index in [0.29, 0.717) is 18.7 Å². The van der Waals surface area contributed by atoms with Gasteiger partial charge in [0.2, 0.25) is 0 Å². The SMILES string of the molecule is NCCCN[C@H](CO)[C@H](O)c1ccc([N+](=O)[O-])cc1. The van der Waals surface area contributed by atoms with Gasteiger partial charge in [0.05, 0.1) is 23.7 Å². The minimum absolute atomic E-state index is 0.0346. The summed E-state index contributed by atoms with van der Waals surface area (Å²) in [6, 6.07) is 5.10. The van der Waals surface area contributed by atoms with Gasteiger partial charge in [-0.25, -0.2) is 0 Å². The van der Waals surface area contributed by atoms with Gasteiger partial charge >= 0.3 is 0 Å². The number of nitrogens with two attached hydrogens (primary N) is 1. The molecule has 0 aromatic heterocycles.